The molecule has 0 saturated carbocycles. The SMILES string of the molecule is CC(C)[C@H](NC(=O)[C@H](N)C(C)(C)S)C(=O)O.Cl. The molecule has 0 aliphatic heterocycles. The van der Waals surface area contributed by atoms with E-state index in [1.807, 2.05) is 0 Å². The maximum Gasteiger partial charge on any atom is 0.326 e. The zero-order valence-electron chi connectivity index (χ0n) is 10.4. The Morgan fingerprint density at radius 3 is 2.00 bits per heavy atom. The van der Waals surface area contributed by atoms with E-state index in [9.17, 15) is 9.59 Å². The molecule has 0 spiro atoms. The van der Waals surface area contributed by atoms with Gasteiger partial charge < -0.3 is 16.2 Å². The number of carbonyl (C=O) groups is 2. The lowest BCUT2D eigenvalue weighted by Gasteiger charge is -2.27. The fraction of sp³-hybridized carbons (Fsp3) is 0.800. The maximum atomic E-state index is 11.7. The van der Waals surface area contributed by atoms with E-state index >= 15 is 0 Å². The quantitative estimate of drug-likeness (QED) is 0.558. The summed E-state index contributed by atoms with van der Waals surface area (Å²) in [6.07, 6.45) is 0. The Hall–Kier alpha value is -0.460. The van der Waals surface area contributed by atoms with E-state index in [-0.39, 0.29) is 18.3 Å². The summed E-state index contributed by atoms with van der Waals surface area (Å²) in [5.41, 5.74) is 5.66. The standard InChI is InChI=1S/C10H20N2O3S.ClH/c1-5(2)6(9(14)15)12-8(13)7(11)10(3,4)16;/h5-7,16H,11H2,1-4H3,(H,12,13)(H,14,15);1H/t6-,7-;/m0./s1. The van der Waals surface area contributed by atoms with Gasteiger partial charge in [-0.3, -0.25) is 4.79 Å². The Kier molecular flexibility index (Phi) is 7.87. The largest absolute Gasteiger partial charge is 0.480 e. The summed E-state index contributed by atoms with van der Waals surface area (Å²) in [6.45, 7) is 6.84. The number of hydrogen-bond donors (Lipinski definition) is 4. The van der Waals surface area contributed by atoms with Crippen molar-refractivity contribution in [1.29, 1.82) is 0 Å². The molecule has 0 radical (unpaired) electrons. The molecule has 0 aromatic rings. The first-order chi connectivity index (χ1) is 7.07. The van der Waals surface area contributed by atoms with Gasteiger partial charge in [-0.25, -0.2) is 4.79 Å². The van der Waals surface area contributed by atoms with E-state index in [0.717, 1.165) is 0 Å². The van der Waals surface area contributed by atoms with Crippen LogP contribution in [0.2, 0.25) is 0 Å². The predicted molar refractivity (Wildman–Crippen MR) is 72.7 cm³/mol. The molecule has 2 atom stereocenters. The number of carboxylic acids is 1. The summed E-state index contributed by atoms with van der Waals surface area (Å²) >= 11 is 4.18. The van der Waals surface area contributed by atoms with Gasteiger partial charge in [-0.2, -0.15) is 12.6 Å². The van der Waals surface area contributed by atoms with Gasteiger partial charge in [-0.05, 0) is 19.8 Å². The highest BCUT2D eigenvalue weighted by atomic mass is 35.5. The number of carboxylic acid groups (broad SMARTS) is 1. The van der Waals surface area contributed by atoms with Gasteiger partial charge in [0, 0.05) is 4.75 Å². The van der Waals surface area contributed by atoms with Crippen LogP contribution in [-0.2, 0) is 9.59 Å². The Balaban J connectivity index is 0. The second-order valence-corrected chi connectivity index (χ2v) is 5.85. The first-order valence-electron chi connectivity index (χ1n) is 5.08. The minimum atomic E-state index is -1.06. The molecule has 102 valence electrons. The number of hydrogen-bond acceptors (Lipinski definition) is 4. The summed E-state index contributed by atoms with van der Waals surface area (Å²) in [6, 6.07) is -1.77. The van der Waals surface area contributed by atoms with Crippen LogP contribution in [0.15, 0.2) is 0 Å². The van der Waals surface area contributed by atoms with Gasteiger partial charge in [0.25, 0.3) is 0 Å². The number of aliphatic carboxylic acids is 1. The van der Waals surface area contributed by atoms with Crippen LogP contribution in [0.5, 0.6) is 0 Å². The highest BCUT2D eigenvalue weighted by Gasteiger charge is 2.32. The van der Waals surface area contributed by atoms with Crippen molar-refractivity contribution in [1.82, 2.24) is 5.32 Å². The Labute approximate surface area is 113 Å². The van der Waals surface area contributed by atoms with Crippen molar-refractivity contribution in [3.8, 4) is 0 Å². The second-order valence-electron chi connectivity index (χ2n) is 4.70. The molecular weight excluding hydrogens is 264 g/mol. The van der Waals surface area contributed by atoms with Crippen molar-refractivity contribution in [2.45, 2.75) is 44.5 Å². The van der Waals surface area contributed by atoms with E-state index < -0.39 is 28.7 Å². The maximum absolute atomic E-state index is 11.7. The summed E-state index contributed by atoms with van der Waals surface area (Å²) in [5.74, 6) is -1.76. The number of nitrogens with one attached hydrogen (secondary N) is 1. The molecule has 0 aromatic carbocycles. The minimum absolute atomic E-state index is 0. The molecule has 0 saturated heterocycles. The van der Waals surface area contributed by atoms with Gasteiger partial charge in [-0.15, -0.1) is 12.4 Å². The van der Waals surface area contributed by atoms with E-state index in [4.69, 9.17) is 10.8 Å². The van der Waals surface area contributed by atoms with Crippen LogP contribution in [-0.4, -0.2) is 33.8 Å². The molecule has 0 fully saturated rings. The molecule has 0 rings (SSSR count). The van der Waals surface area contributed by atoms with Crippen molar-refractivity contribution >= 4 is 36.9 Å². The zero-order valence-corrected chi connectivity index (χ0v) is 12.1. The summed E-state index contributed by atoms with van der Waals surface area (Å²) in [5, 5.41) is 11.3. The van der Waals surface area contributed by atoms with Crippen LogP contribution in [0.3, 0.4) is 0 Å². The third-order valence-electron chi connectivity index (χ3n) is 2.27. The summed E-state index contributed by atoms with van der Waals surface area (Å²) in [4.78, 5) is 22.5. The van der Waals surface area contributed by atoms with Gasteiger partial charge >= 0.3 is 5.97 Å². The monoisotopic (exact) mass is 284 g/mol. The average Bonchev–Trinajstić information content (AvgIpc) is 2.09. The lowest BCUT2D eigenvalue weighted by atomic mass is 10.0. The molecule has 0 heterocycles. The van der Waals surface area contributed by atoms with E-state index in [2.05, 4.69) is 17.9 Å². The van der Waals surface area contributed by atoms with Crippen molar-refractivity contribution in [2.75, 3.05) is 0 Å². The predicted octanol–water partition coefficient (Wildman–Crippen LogP) is 0.669. The average molecular weight is 285 g/mol. The number of thiol groups is 1. The minimum Gasteiger partial charge on any atom is -0.480 e. The lowest BCUT2D eigenvalue weighted by molar-refractivity contribution is -0.143. The van der Waals surface area contributed by atoms with E-state index in [0.29, 0.717) is 0 Å². The molecule has 0 aromatic heterocycles. The zero-order chi connectivity index (χ0) is 13.1. The summed E-state index contributed by atoms with van der Waals surface area (Å²) < 4.78 is -0.690. The van der Waals surface area contributed by atoms with Gasteiger partial charge in [-0.1, -0.05) is 13.8 Å². The van der Waals surface area contributed by atoms with Crippen LogP contribution in [0.4, 0.5) is 0 Å². The smallest absolute Gasteiger partial charge is 0.326 e. The third kappa shape index (κ3) is 6.14. The normalized spacial score (nSPS) is 14.8. The molecule has 0 aliphatic rings. The number of carbonyl (C=O) groups excluding carboxylic acids is 1. The van der Waals surface area contributed by atoms with Gasteiger partial charge in [0.2, 0.25) is 5.91 Å². The van der Waals surface area contributed by atoms with Crippen molar-refractivity contribution < 1.29 is 14.7 Å². The highest BCUT2D eigenvalue weighted by Crippen LogP contribution is 2.16. The third-order valence-corrected chi connectivity index (χ3v) is 2.55. The van der Waals surface area contributed by atoms with Crippen molar-refractivity contribution in [2.24, 2.45) is 11.7 Å². The van der Waals surface area contributed by atoms with Crippen LogP contribution in [0.1, 0.15) is 27.7 Å². The Bertz CT molecular complexity index is 279. The van der Waals surface area contributed by atoms with Gasteiger partial charge in [0.15, 0.2) is 0 Å². The summed E-state index contributed by atoms with van der Waals surface area (Å²) in [7, 11) is 0. The molecule has 7 heteroatoms. The van der Waals surface area contributed by atoms with E-state index in [1.165, 1.54) is 0 Å². The molecule has 0 aliphatic carbocycles. The molecule has 0 unspecified atom stereocenters. The molecular formula is C10H21ClN2O3S. The Morgan fingerprint density at radius 1 is 1.35 bits per heavy atom. The number of amides is 1. The Morgan fingerprint density at radius 2 is 1.76 bits per heavy atom. The molecule has 4 N–H and O–H groups in total. The first kappa shape index (κ1) is 18.9. The topological polar surface area (TPSA) is 92.4 Å². The molecule has 0 bridgehead atoms. The second kappa shape index (κ2) is 7.08. The van der Waals surface area contributed by atoms with Crippen LogP contribution >= 0.6 is 25.0 Å². The van der Waals surface area contributed by atoms with Crippen LogP contribution in [0.25, 0.3) is 0 Å². The molecule has 1 amide bonds. The van der Waals surface area contributed by atoms with Crippen LogP contribution in [0, 0.1) is 5.92 Å². The number of rotatable bonds is 5. The fourth-order valence-electron chi connectivity index (χ4n) is 1.08. The van der Waals surface area contributed by atoms with Gasteiger partial charge in [0.05, 0.1) is 6.04 Å². The molecule has 17 heavy (non-hydrogen) atoms. The number of halogens is 1. The van der Waals surface area contributed by atoms with Crippen molar-refractivity contribution in [3.63, 3.8) is 0 Å². The molecule has 5 nitrogen and oxygen atoms in total. The highest BCUT2D eigenvalue weighted by molar-refractivity contribution is 7.81. The lowest BCUT2D eigenvalue weighted by Crippen LogP contribution is -2.56. The van der Waals surface area contributed by atoms with E-state index in [1.54, 1.807) is 27.7 Å². The fourth-order valence-corrected chi connectivity index (χ4v) is 1.19. The van der Waals surface area contributed by atoms with Crippen molar-refractivity contribution in [3.05, 3.63) is 0 Å². The number of nitrogens with two attached hydrogens (primary N) is 1. The first-order valence-corrected chi connectivity index (χ1v) is 5.53. The van der Waals surface area contributed by atoms with Gasteiger partial charge in [0.1, 0.15) is 6.04 Å². The van der Waals surface area contributed by atoms with Crippen LogP contribution < -0.4 is 11.1 Å².